The minimum Gasteiger partial charge on any atom is -0.504 e. The molecular formula is C7H6O2. The van der Waals surface area contributed by atoms with E-state index < -0.39 is 0 Å². The van der Waals surface area contributed by atoms with Gasteiger partial charge in [0.05, 0.1) is 0 Å². The van der Waals surface area contributed by atoms with Gasteiger partial charge in [0, 0.05) is 0 Å². The number of hydrogen-bond acceptors (Lipinski definition) is 2. The van der Waals surface area contributed by atoms with Gasteiger partial charge >= 0.3 is 0 Å². The molecule has 0 spiro atoms. The SMILES string of the molecule is Oc1cc2ccc1OC2. The summed E-state index contributed by atoms with van der Waals surface area (Å²) in [5.41, 5.74) is 1.03. The second kappa shape index (κ2) is 1.41. The zero-order chi connectivity index (χ0) is 6.27. The summed E-state index contributed by atoms with van der Waals surface area (Å²) in [5.74, 6) is 0.837. The molecular weight excluding hydrogens is 116 g/mol. The first-order chi connectivity index (χ1) is 4.36. The molecule has 2 heterocycles. The van der Waals surface area contributed by atoms with Crippen molar-refractivity contribution in [2.24, 2.45) is 0 Å². The van der Waals surface area contributed by atoms with Crippen molar-refractivity contribution in [1.29, 1.82) is 0 Å². The van der Waals surface area contributed by atoms with Crippen LogP contribution in [0.5, 0.6) is 11.5 Å². The second-order valence-electron chi connectivity index (χ2n) is 2.09. The van der Waals surface area contributed by atoms with Crippen LogP contribution < -0.4 is 4.74 Å². The van der Waals surface area contributed by atoms with Gasteiger partial charge in [-0.05, 0) is 17.7 Å². The van der Waals surface area contributed by atoms with Crippen LogP contribution in [0.4, 0.5) is 0 Å². The smallest absolute Gasteiger partial charge is 0.161 e. The first-order valence-corrected chi connectivity index (χ1v) is 2.81. The number of phenols is 1. The fourth-order valence-corrected chi connectivity index (χ4v) is 0.936. The van der Waals surface area contributed by atoms with Crippen molar-refractivity contribution in [3.05, 3.63) is 23.8 Å². The lowest BCUT2D eigenvalue weighted by molar-refractivity contribution is 0.274. The highest BCUT2D eigenvalue weighted by atomic mass is 16.5. The maximum Gasteiger partial charge on any atom is 0.161 e. The molecule has 0 amide bonds. The first-order valence-electron chi connectivity index (χ1n) is 2.81. The van der Waals surface area contributed by atoms with E-state index in [2.05, 4.69) is 0 Å². The summed E-state index contributed by atoms with van der Waals surface area (Å²) in [6.07, 6.45) is 0. The summed E-state index contributed by atoms with van der Waals surface area (Å²) >= 11 is 0. The van der Waals surface area contributed by atoms with Crippen LogP contribution in [-0.4, -0.2) is 5.11 Å². The van der Waals surface area contributed by atoms with Crippen molar-refractivity contribution in [3.8, 4) is 11.5 Å². The lowest BCUT2D eigenvalue weighted by Gasteiger charge is -2.14. The van der Waals surface area contributed by atoms with E-state index in [1.807, 2.05) is 6.07 Å². The van der Waals surface area contributed by atoms with Gasteiger partial charge in [-0.2, -0.15) is 0 Å². The largest absolute Gasteiger partial charge is 0.504 e. The van der Waals surface area contributed by atoms with Crippen LogP contribution in [0.3, 0.4) is 0 Å². The summed E-state index contributed by atoms with van der Waals surface area (Å²) < 4.78 is 5.06. The maximum absolute atomic E-state index is 9.03. The Morgan fingerprint density at radius 1 is 1.44 bits per heavy atom. The molecule has 0 atom stereocenters. The normalized spacial score (nSPS) is 13.3. The van der Waals surface area contributed by atoms with E-state index in [9.17, 15) is 0 Å². The Morgan fingerprint density at radius 2 is 2.33 bits per heavy atom. The Morgan fingerprint density at radius 3 is 2.56 bits per heavy atom. The van der Waals surface area contributed by atoms with Crippen molar-refractivity contribution >= 4 is 0 Å². The van der Waals surface area contributed by atoms with E-state index in [4.69, 9.17) is 9.84 Å². The van der Waals surface area contributed by atoms with Gasteiger partial charge in [-0.1, -0.05) is 6.07 Å². The monoisotopic (exact) mass is 122 g/mol. The van der Waals surface area contributed by atoms with Gasteiger partial charge in [-0.3, -0.25) is 0 Å². The van der Waals surface area contributed by atoms with Crippen LogP contribution in [0.15, 0.2) is 18.2 Å². The number of aromatic hydroxyl groups is 1. The molecule has 2 bridgehead atoms. The van der Waals surface area contributed by atoms with E-state index in [1.54, 1.807) is 12.1 Å². The number of fused-ring (bicyclic) bond motifs is 3. The Balaban J connectivity index is 2.70. The first kappa shape index (κ1) is 4.68. The van der Waals surface area contributed by atoms with E-state index in [-0.39, 0.29) is 5.75 Å². The Kier molecular flexibility index (Phi) is 0.730. The molecule has 0 aromatic heterocycles. The molecule has 2 heteroatoms. The van der Waals surface area contributed by atoms with Crippen molar-refractivity contribution in [2.75, 3.05) is 0 Å². The molecule has 1 aromatic rings. The van der Waals surface area contributed by atoms with Gasteiger partial charge < -0.3 is 9.84 Å². The van der Waals surface area contributed by atoms with Gasteiger partial charge in [0.25, 0.3) is 0 Å². The molecule has 2 aliphatic rings. The number of ether oxygens (including phenoxy) is 1. The van der Waals surface area contributed by atoms with Crippen molar-refractivity contribution in [3.63, 3.8) is 0 Å². The average Bonchev–Trinajstić information content (AvgIpc) is 1.90. The molecule has 0 aliphatic carbocycles. The zero-order valence-electron chi connectivity index (χ0n) is 4.79. The topological polar surface area (TPSA) is 29.5 Å². The van der Waals surface area contributed by atoms with Crippen LogP contribution in [0.25, 0.3) is 0 Å². The van der Waals surface area contributed by atoms with Crippen molar-refractivity contribution in [2.45, 2.75) is 6.61 Å². The van der Waals surface area contributed by atoms with Crippen LogP contribution in [0, 0.1) is 0 Å². The summed E-state index contributed by atoms with van der Waals surface area (Å²) in [6, 6.07) is 5.44. The van der Waals surface area contributed by atoms with Crippen LogP contribution >= 0.6 is 0 Å². The lowest BCUT2D eigenvalue weighted by Crippen LogP contribution is -2.01. The second-order valence-corrected chi connectivity index (χ2v) is 2.09. The lowest BCUT2D eigenvalue weighted by atomic mass is 10.2. The maximum atomic E-state index is 9.03. The molecule has 0 saturated carbocycles. The van der Waals surface area contributed by atoms with E-state index in [0.717, 1.165) is 5.56 Å². The summed E-state index contributed by atoms with van der Waals surface area (Å²) in [6.45, 7) is 0.607. The number of rotatable bonds is 0. The molecule has 9 heavy (non-hydrogen) atoms. The standard InChI is InChI=1S/C7H6O2/c8-6-3-5-1-2-7(6)9-4-5/h1-3,8H,4H2. The van der Waals surface area contributed by atoms with Crippen molar-refractivity contribution < 1.29 is 9.84 Å². The minimum absolute atomic E-state index is 0.249. The molecule has 3 rings (SSSR count). The highest BCUT2D eigenvalue weighted by molar-refractivity contribution is 5.44. The van der Waals surface area contributed by atoms with Crippen molar-refractivity contribution in [1.82, 2.24) is 0 Å². The molecule has 2 nitrogen and oxygen atoms in total. The molecule has 0 saturated heterocycles. The van der Waals surface area contributed by atoms with Crippen LogP contribution in [0.2, 0.25) is 0 Å². The molecule has 1 N–H and O–H groups in total. The van der Waals surface area contributed by atoms with E-state index >= 15 is 0 Å². The van der Waals surface area contributed by atoms with Gasteiger partial charge in [0.1, 0.15) is 6.61 Å². The van der Waals surface area contributed by atoms with Gasteiger partial charge in [-0.15, -0.1) is 0 Å². The fraction of sp³-hybridized carbons (Fsp3) is 0.143. The van der Waals surface area contributed by atoms with Crippen LogP contribution in [0.1, 0.15) is 5.56 Å². The average molecular weight is 122 g/mol. The third-order valence-corrected chi connectivity index (χ3v) is 1.42. The third kappa shape index (κ3) is 0.560. The van der Waals surface area contributed by atoms with Gasteiger partial charge in [0.2, 0.25) is 0 Å². The molecule has 1 aromatic carbocycles. The predicted molar refractivity (Wildman–Crippen MR) is 32.4 cm³/mol. The molecule has 0 fully saturated rings. The summed E-state index contributed by atoms with van der Waals surface area (Å²) in [5, 5.41) is 9.03. The molecule has 0 unspecified atom stereocenters. The Bertz CT molecular complexity index is 243. The number of hydrogen-bond donors (Lipinski definition) is 1. The highest BCUT2D eigenvalue weighted by Crippen LogP contribution is 2.31. The van der Waals surface area contributed by atoms with Gasteiger partial charge in [-0.25, -0.2) is 0 Å². The summed E-state index contributed by atoms with van der Waals surface area (Å²) in [4.78, 5) is 0. The van der Waals surface area contributed by atoms with E-state index in [0.29, 0.717) is 12.4 Å². The molecule has 2 aliphatic heterocycles. The number of benzene rings is 1. The quantitative estimate of drug-likeness (QED) is 0.561. The zero-order valence-corrected chi connectivity index (χ0v) is 4.79. The summed E-state index contributed by atoms with van der Waals surface area (Å²) in [7, 11) is 0. The fourth-order valence-electron chi connectivity index (χ4n) is 0.936. The highest BCUT2D eigenvalue weighted by Gasteiger charge is 2.09. The minimum atomic E-state index is 0.249. The predicted octanol–water partition coefficient (Wildman–Crippen LogP) is 1.28. The van der Waals surface area contributed by atoms with Gasteiger partial charge in [0.15, 0.2) is 11.5 Å². The Labute approximate surface area is 52.7 Å². The Hall–Kier alpha value is -1.18. The van der Waals surface area contributed by atoms with Crippen LogP contribution in [-0.2, 0) is 6.61 Å². The molecule has 0 radical (unpaired) electrons. The number of phenolic OH excluding ortho intramolecular Hbond substituents is 1. The molecule has 46 valence electrons. The van der Waals surface area contributed by atoms with E-state index in [1.165, 1.54) is 0 Å². The third-order valence-electron chi connectivity index (χ3n) is 1.42.